The minimum Gasteiger partial charge on any atom is -0.456 e. The molecule has 8 heteroatoms. The molecule has 0 radical (unpaired) electrons. The zero-order valence-corrected chi connectivity index (χ0v) is 25.6. The van der Waals surface area contributed by atoms with Gasteiger partial charge in [-0.05, 0) is 58.7 Å². The summed E-state index contributed by atoms with van der Waals surface area (Å²) < 4.78 is 13.0. The number of nitrogens with one attached hydrogen (secondary N) is 1. The van der Waals surface area contributed by atoms with E-state index in [1.165, 1.54) is 44.0 Å². The third-order valence-corrected chi connectivity index (χ3v) is 9.66. The second kappa shape index (κ2) is 10.1. The first-order valence-corrected chi connectivity index (χ1v) is 15.2. The van der Waals surface area contributed by atoms with Gasteiger partial charge < -0.3 is 14.2 Å². The SMILES string of the molecule is Bc1c(B)c(B)c(-c2cccc3oc4c(Nc5cccc6oc7ccc(-c8ccccc8)cc7c56)cccc4c23)c(B)c1B. The Morgan fingerprint density at radius 2 is 1.11 bits per heavy atom. The monoisotopic (exact) mass is 561 g/mol. The standard InChI is InChI=1S/C36H28B5NO2/c37-31-30(32(38)34(40)35(41)33(31)39)20-9-5-13-26-28(20)21-10-4-12-24(36(21)44-26)42-23-11-6-14-27-29(23)22-17-19(15-16-25(22)43-27)18-7-2-1-3-8-18/h1-17,42H,37-41H2. The fraction of sp³-hybridized carbons (Fsp3) is 0. The summed E-state index contributed by atoms with van der Waals surface area (Å²) in [5.41, 5.74) is 17.0. The largest absolute Gasteiger partial charge is 0.456 e. The van der Waals surface area contributed by atoms with Gasteiger partial charge in [-0.1, -0.05) is 77.7 Å². The molecule has 8 rings (SSSR count). The number of hydrogen-bond donors (Lipinski definition) is 1. The zero-order chi connectivity index (χ0) is 30.1. The van der Waals surface area contributed by atoms with Crippen molar-refractivity contribution in [2.24, 2.45) is 0 Å². The number of hydrogen-bond acceptors (Lipinski definition) is 3. The van der Waals surface area contributed by atoms with Gasteiger partial charge in [0.1, 0.15) is 56.0 Å². The number of anilines is 2. The maximum absolute atomic E-state index is 6.65. The number of para-hydroxylation sites is 1. The lowest BCUT2D eigenvalue weighted by molar-refractivity contribution is 0.668. The molecule has 0 bridgehead atoms. The molecule has 0 spiro atoms. The lowest BCUT2D eigenvalue weighted by Gasteiger charge is -2.21. The molecule has 0 fully saturated rings. The van der Waals surface area contributed by atoms with Crippen molar-refractivity contribution in [1.82, 2.24) is 0 Å². The first-order valence-electron chi connectivity index (χ1n) is 15.2. The van der Waals surface area contributed by atoms with Crippen LogP contribution in [0.15, 0.2) is 112 Å². The summed E-state index contributed by atoms with van der Waals surface area (Å²) in [4.78, 5) is 0. The van der Waals surface area contributed by atoms with Crippen molar-refractivity contribution in [3.8, 4) is 22.3 Å². The van der Waals surface area contributed by atoms with Gasteiger partial charge in [0.2, 0.25) is 0 Å². The van der Waals surface area contributed by atoms with Gasteiger partial charge in [0.25, 0.3) is 0 Å². The molecule has 6 aromatic carbocycles. The van der Waals surface area contributed by atoms with Crippen LogP contribution in [-0.4, -0.2) is 39.2 Å². The van der Waals surface area contributed by atoms with Gasteiger partial charge in [-0.15, -0.1) is 16.4 Å². The van der Waals surface area contributed by atoms with E-state index < -0.39 is 0 Å². The van der Waals surface area contributed by atoms with E-state index in [2.05, 4.69) is 129 Å². The van der Waals surface area contributed by atoms with Gasteiger partial charge in [0.05, 0.1) is 16.8 Å². The fourth-order valence-electron chi connectivity index (χ4n) is 6.94. The molecular formula is C36H28B5NO2. The quantitative estimate of drug-likeness (QED) is 0.334. The Morgan fingerprint density at radius 3 is 1.89 bits per heavy atom. The molecule has 44 heavy (non-hydrogen) atoms. The molecule has 0 unspecified atom stereocenters. The molecule has 0 saturated heterocycles. The molecule has 2 aromatic heterocycles. The van der Waals surface area contributed by atoms with Crippen LogP contribution in [0.5, 0.6) is 0 Å². The second-order valence-corrected chi connectivity index (χ2v) is 11.9. The molecule has 8 aromatic rings. The molecular weight excluding hydrogens is 532 g/mol. The molecule has 204 valence electrons. The van der Waals surface area contributed by atoms with E-state index in [1.54, 1.807) is 0 Å². The molecule has 0 aliphatic carbocycles. The van der Waals surface area contributed by atoms with Crippen LogP contribution < -0.4 is 32.6 Å². The topological polar surface area (TPSA) is 38.3 Å². The average molecular weight is 561 g/mol. The third kappa shape index (κ3) is 3.97. The van der Waals surface area contributed by atoms with E-state index in [0.29, 0.717) is 0 Å². The zero-order valence-electron chi connectivity index (χ0n) is 25.6. The summed E-state index contributed by atoms with van der Waals surface area (Å²) in [7, 11) is 11.2. The smallest absolute Gasteiger partial charge is 0.158 e. The highest BCUT2D eigenvalue weighted by Crippen LogP contribution is 2.41. The normalized spacial score (nSPS) is 11.6. The van der Waals surface area contributed by atoms with Crippen LogP contribution >= 0.6 is 0 Å². The van der Waals surface area contributed by atoms with Gasteiger partial charge in [0, 0.05) is 16.2 Å². The van der Waals surface area contributed by atoms with Gasteiger partial charge in [-0.2, -0.15) is 0 Å². The first-order chi connectivity index (χ1) is 21.4. The van der Waals surface area contributed by atoms with E-state index >= 15 is 0 Å². The Hall–Kier alpha value is -4.96. The summed E-state index contributed by atoms with van der Waals surface area (Å²) in [6, 6.07) is 35.9. The minimum atomic E-state index is 0.848. The summed E-state index contributed by atoms with van der Waals surface area (Å²) in [6.45, 7) is 0. The van der Waals surface area contributed by atoms with Crippen LogP contribution in [0.25, 0.3) is 66.1 Å². The van der Waals surface area contributed by atoms with Gasteiger partial charge in [-0.3, -0.25) is 0 Å². The average Bonchev–Trinajstić information content (AvgIpc) is 3.63. The van der Waals surface area contributed by atoms with Crippen molar-refractivity contribution in [2.45, 2.75) is 0 Å². The van der Waals surface area contributed by atoms with E-state index in [1.807, 2.05) is 18.2 Å². The predicted octanol–water partition coefficient (Wildman–Crippen LogP) is 1.86. The lowest BCUT2D eigenvalue weighted by atomic mass is 9.59. The Labute approximate surface area is 260 Å². The Morgan fingerprint density at radius 1 is 0.455 bits per heavy atom. The van der Waals surface area contributed by atoms with Crippen LogP contribution in [0.2, 0.25) is 0 Å². The maximum Gasteiger partial charge on any atom is 0.158 e. The predicted molar refractivity (Wildman–Crippen MR) is 202 cm³/mol. The van der Waals surface area contributed by atoms with Crippen LogP contribution in [0.4, 0.5) is 11.4 Å². The highest BCUT2D eigenvalue weighted by molar-refractivity contribution is 6.69. The number of benzene rings is 6. The van der Waals surface area contributed by atoms with Crippen molar-refractivity contribution in [3.63, 3.8) is 0 Å². The van der Waals surface area contributed by atoms with Gasteiger partial charge in [0.15, 0.2) is 5.58 Å². The van der Waals surface area contributed by atoms with Gasteiger partial charge in [-0.25, -0.2) is 0 Å². The molecule has 3 nitrogen and oxygen atoms in total. The van der Waals surface area contributed by atoms with Crippen molar-refractivity contribution >= 4 is 122 Å². The second-order valence-electron chi connectivity index (χ2n) is 11.9. The molecule has 0 saturated carbocycles. The van der Waals surface area contributed by atoms with Crippen LogP contribution in [-0.2, 0) is 0 Å². The number of fused-ring (bicyclic) bond motifs is 6. The third-order valence-electron chi connectivity index (χ3n) is 9.66. The maximum atomic E-state index is 6.65. The lowest BCUT2D eigenvalue weighted by Crippen LogP contribution is -2.55. The highest BCUT2D eigenvalue weighted by atomic mass is 16.3. The van der Waals surface area contributed by atoms with E-state index in [0.717, 1.165) is 60.8 Å². The highest BCUT2D eigenvalue weighted by Gasteiger charge is 2.20. The summed E-state index contributed by atoms with van der Waals surface area (Å²) >= 11 is 0. The van der Waals surface area contributed by atoms with Gasteiger partial charge >= 0.3 is 0 Å². The first kappa shape index (κ1) is 26.7. The molecule has 0 aliphatic rings. The van der Waals surface area contributed by atoms with Crippen LogP contribution in [0.3, 0.4) is 0 Å². The van der Waals surface area contributed by atoms with Crippen LogP contribution in [0.1, 0.15) is 0 Å². The number of rotatable bonds is 4. The summed E-state index contributed by atoms with van der Waals surface area (Å²) in [5, 5.41) is 8.14. The van der Waals surface area contributed by atoms with E-state index in [4.69, 9.17) is 8.83 Å². The fourth-order valence-corrected chi connectivity index (χ4v) is 6.94. The van der Waals surface area contributed by atoms with Crippen LogP contribution in [0, 0.1) is 0 Å². The molecule has 0 aliphatic heterocycles. The summed E-state index contributed by atoms with van der Waals surface area (Å²) in [6.07, 6.45) is 0. The Balaban J connectivity index is 1.31. The molecule has 2 heterocycles. The molecule has 0 atom stereocenters. The number of furan rings is 2. The Bertz CT molecular complexity index is 2400. The van der Waals surface area contributed by atoms with E-state index in [9.17, 15) is 0 Å². The summed E-state index contributed by atoms with van der Waals surface area (Å²) in [5.74, 6) is 0. The van der Waals surface area contributed by atoms with Crippen molar-refractivity contribution in [1.29, 1.82) is 0 Å². The molecule has 1 N–H and O–H groups in total. The van der Waals surface area contributed by atoms with E-state index in [-0.39, 0.29) is 0 Å². The van der Waals surface area contributed by atoms with Crippen molar-refractivity contribution in [3.05, 3.63) is 103 Å². The minimum absolute atomic E-state index is 0.848. The molecule has 0 amide bonds. The van der Waals surface area contributed by atoms with Crippen molar-refractivity contribution < 1.29 is 8.83 Å². The van der Waals surface area contributed by atoms with Crippen molar-refractivity contribution in [2.75, 3.05) is 5.32 Å². The Kier molecular flexibility index (Phi) is 6.09.